The van der Waals surface area contributed by atoms with Crippen LogP contribution in [0.2, 0.25) is 0 Å². The fourth-order valence-corrected chi connectivity index (χ4v) is 3.74. The summed E-state index contributed by atoms with van der Waals surface area (Å²) in [6.45, 7) is 0.302. The number of carbonyl (C=O) groups excluding carboxylic acids is 1. The molecule has 1 aliphatic heterocycles. The van der Waals surface area contributed by atoms with Crippen LogP contribution in [0.4, 0.5) is 0 Å². The third-order valence-electron chi connectivity index (χ3n) is 5.21. The second kappa shape index (κ2) is 8.06. The van der Waals surface area contributed by atoms with Crippen molar-refractivity contribution in [2.45, 2.75) is 12.3 Å². The summed E-state index contributed by atoms with van der Waals surface area (Å²) in [5.41, 5.74) is 4.02. The van der Waals surface area contributed by atoms with E-state index in [1.807, 2.05) is 54.6 Å². The third-order valence-corrected chi connectivity index (χ3v) is 5.21. The smallest absolute Gasteiger partial charge is 0.273 e. The number of amides is 1. The monoisotopic (exact) mass is 393 g/mol. The minimum Gasteiger partial charge on any atom is -0.497 e. The van der Waals surface area contributed by atoms with Crippen LogP contribution in [0.25, 0.3) is 11.3 Å². The Morgan fingerprint density at radius 3 is 2.34 bits per heavy atom. The minimum absolute atomic E-state index is 0.125. The number of aromatic nitrogens is 2. The molecule has 0 bridgehead atoms. The van der Waals surface area contributed by atoms with Gasteiger partial charge < -0.3 is 19.1 Å². The normalized spacial score (nSPS) is 15.8. The van der Waals surface area contributed by atoms with Gasteiger partial charge in [0.1, 0.15) is 11.4 Å². The van der Waals surface area contributed by atoms with Crippen LogP contribution in [0.15, 0.2) is 54.6 Å². The Balaban J connectivity index is 1.81. The summed E-state index contributed by atoms with van der Waals surface area (Å²) in [7, 11) is 4.76. The molecule has 1 atom stereocenters. The standard InChI is InChI=1S/C22H23N3O4/c1-27-16-11-9-14(10-12-16)19-18-20(24-23-19)22(26)25(13-17(28-2)29-3)21(18)15-7-5-4-6-8-15/h4-12,17,21H,13H2,1-3H3,(H,23,24). The van der Waals surface area contributed by atoms with Gasteiger partial charge in [-0.25, -0.2) is 0 Å². The van der Waals surface area contributed by atoms with Crippen LogP contribution in [0.5, 0.6) is 5.75 Å². The molecule has 1 aliphatic rings. The molecule has 0 fully saturated rings. The average Bonchev–Trinajstić information content (AvgIpc) is 3.31. The van der Waals surface area contributed by atoms with Crippen LogP contribution >= 0.6 is 0 Å². The average molecular weight is 393 g/mol. The second-order valence-corrected chi connectivity index (χ2v) is 6.76. The van der Waals surface area contributed by atoms with E-state index in [0.717, 1.165) is 28.1 Å². The van der Waals surface area contributed by atoms with Gasteiger partial charge in [0.05, 0.1) is 25.4 Å². The van der Waals surface area contributed by atoms with Crippen LogP contribution in [-0.2, 0) is 9.47 Å². The van der Waals surface area contributed by atoms with Gasteiger partial charge in [-0.05, 0) is 29.8 Å². The number of hydrogen-bond acceptors (Lipinski definition) is 5. The van der Waals surface area contributed by atoms with Crippen LogP contribution < -0.4 is 4.74 Å². The maximum absolute atomic E-state index is 13.2. The lowest BCUT2D eigenvalue weighted by atomic mass is 9.96. The maximum atomic E-state index is 13.2. The minimum atomic E-state index is -0.522. The molecule has 2 aromatic carbocycles. The topological polar surface area (TPSA) is 76.7 Å². The zero-order valence-corrected chi connectivity index (χ0v) is 16.6. The van der Waals surface area contributed by atoms with Gasteiger partial charge in [-0.15, -0.1) is 0 Å². The lowest BCUT2D eigenvalue weighted by molar-refractivity contribution is -0.113. The molecule has 1 N–H and O–H groups in total. The third kappa shape index (κ3) is 3.39. The fourth-order valence-electron chi connectivity index (χ4n) is 3.74. The van der Waals surface area contributed by atoms with Crippen molar-refractivity contribution in [2.24, 2.45) is 0 Å². The number of H-pyrrole nitrogens is 1. The van der Waals surface area contributed by atoms with E-state index in [1.165, 1.54) is 0 Å². The summed E-state index contributed by atoms with van der Waals surface area (Å²) >= 11 is 0. The second-order valence-electron chi connectivity index (χ2n) is 6.76. The van der Waals surface area contributed by atoms with Crippen LogP contribution in [0.1, 0.15) is 27.7 Å². The van der Waals surface area contributed by atoms with E-state index in [9.17, 15) is 4.79 Å². The molecule has 7 nitrogen and oxygen atoms in total. The van der Waals surface area contributed by atoms with Crippen molar-refractivity contribution in [1.29, 1.82) is 0 Å². The number of aromatic amines is 1. The molecule has 0 radical (unpaired) electrons. The first-order valence-electron chi connectivity index (χ1n) is 9.32. The first kappa shape index (κ1) is 19.2. The van der Waals surface area contributed by atoms with Crippen molar-refractivity contribution in [3.63, 3.8) is 0 Å². The number of ether oxygens (including phenoxy) is 3. The van der Waals surface area contributed by atoms with E-state index >= 15 is 0 Å². The molecule has 0 saturated heterocycles. The highest BCUT2D eigenvalue weighted by Crippen LogP contribution is 2.43. The van der Waals surface area contributed by atoms with E-state index in [4.69, 9.17) is 14.2 Å². The lowest BCUT2D eigenvalue weighted by Gasteiger charge is -2.29. The SMILES string of the molecule is COc1ccc(-c2n[nH]c3c2C(c2ccccc2)N(CC(OC)OC)C3=O)cc1. The van der Waals surface area contributed by atoms with Gasteiger partial charge in [0.15, 0.2) is 6.29 Å². The summed E-state index contributed by atoms with van der Waals surface area (Å²) in [5, 5.41) is 7.42. The highest BCUT2D eigenvalue weighted by Gasteiger charge is 2.43. The molecule has 0 saturated carbocycles. The number of carbonyl (C=O) groups is 1. The number of nitrogens with zero attached hydrogens (tertiary/aromatic N) is 2. The molecule has 4 rings (SSSR count). The van der Waals surface area contributed by atoms with Gasteiger partial charge in [-0.3, -0.25) is 9.89 Å². The zero-order chi connectivity index (χ0) is 20.4. The molecule has 3 aromatic rings. The summed E-state index contributed by atoms with van der Waals surface area (Å²) < 4.78 is 16.0. The molecular weight excluding hydrogens is 370 g/mol. The van der Waals surface area contributed by atoms with Gasteiger partial charge in [0.2, 0.25) is 0 Å². The van der Waals surface area contributed by atoms with E-state index in [0.29, 0.717) is 12.2 Å². The van der Waals surface area contributed by atoms with Crippen LogP contribution in [0.3, 0.4) is 0 Å². The molecule has 2 heterocycles. The maximum Gasteiger partial charge on any atom is 0.273 e. The van der Waals surface area contributed by atoms with Gasteiger partial charge in [-0.1, -0.05) is 30.3 Å². The Morgan fingerprint density at radius 1 is 1.03 bits per heavy atom. The Labute approximate surface area is 169 Å². The van der Waals surface area contributed by atoms with Crippen molar-refractivity contribution in [2.75, 3.05) is 27.9 Å². The van der Waals surface area contributed by atoms with Crippen LogP contribution in [-0.4, -0.2) is 55.2 Å². The number of nitrogens with one attached hydrogen (secondary N) is 1. The summed E-state index contributed by atoms with van der Waals surface area (Å²) in [4.78, 5) is 15.0. The number of hydrogen-bond donors (Lipinski definition) is 1. The first-order valence-corrected chi connectivity index (χ1v) is 9.32. The van der Waals surface area contributed by atoms with Crippen molar-refractivity contribution in [3.8, 4) is 17.0 Å². The van der Waals surface area contributed by atoms with Crippen molar-refractivity contribution in [1.82, 2.24) is 15.1 Å². The molecule has 7 heteroatoms. The largest absolute Gasteiger partial charge is 0.497 e. The van der Waals surface area contributed by atoms with Crippen molar-refractivity contribution >= 4 is 5.91 Å². The number of rotatable bonds is 7. The first-order chi connectivity index (χ1) is 14.2. The number of methoxy groups -OCH3 is 3. The predicted molar refractivity (Wildman–Crippen MR) is 108 cm³/mol. The van der Waals surface area contributed by atoms with Crippen molar-refractivity contribution < 1.29 is 19.0 Å². The Morgan fingerprint density at radius 2 is 1.72 bits per heavy atom. The highest BCUT2D eigenvalue weighted by molar-refractivity contribution is 6.00. The predicted octanol–water partition coefficient (Wildman–Crippen LogP) is 3.25. The highest BCUT2D eigenvalue weighted by atomic mass is 16.7. The molecular formula is C22H23N3O4. The van der Waals surface area contributed by atoms with Gasteiger partial charge >= 0.3 is 0 Å². The van der Waals surface area contributed by atoms with Crippen molar-refractivity contribution in [3.05, 3.63) is 71.4 Å². The Hall–Kier alpha value is -3.16. The number of benzene rings is 2. The van der Waals surface area contributed by atoms with E-state index in [2.05, 4.69) is 10.2 Å². The summed E-state index contributed by atoms with van der Waals surface area (Å²) in [6.07, 6.45) is -0.522. The zero-order valence-electron chi connectivity index (χ0n) is 16.6. The van der Waals surface area contributed by atoms with Gasteiger partial charge in [0.25, 0.3) is 5.91 Å². The summed E-state index contributed by atoms with van der Waals surface area (Å²) in [5.74, 6) is 0.640. The molecule has 150 valence electrons. The Bertz CT molecular complexity index is 981. The van der Waals surface area contributed by atoms with E-state index in [1.54, 1.807) is 26.2 Å². The van der Waals surface area contributed by atoms with Gasteiger partial charge in [-0.2, -0.15) is 5.10 Å². The van der Waals surface area contributed by atoms with E-state index < -0.39 is 6.29 Å². The molecule has 29 heavy (non-hydrogen) atoms. The lowest BCUT2D eigenvalue weighted by Crippen LogP contribution is -2.38. The summed E-state index contributed by atoms with van der Waals surface area (Å²) in [6, 6.07) is 17.3. The molecule has 1 aromatic heterocycles. The molecule has 0 spiro atoms. The van der Waals surface area contributed by atoms with Crippen LogP contribution in [0, 0.1) is 0 Å². The number of fused-ring (bicyclic) bond motifs is 1. The van der Waals surface area contributed by atoms with E-state index in [-0.39, 0.29) is 11.9 Å². The van der Waals surface area contributed by atoms with Gasteiger partial charge in [0, 0.05) is 25.3 Å². The molecule has 1 amide bonds. The molecule has 0 aliphatic carbocycles. The quantitative estimate of drug-likeness (QED) is 0.624. The molecule has 1 unspecified atom stereocenters. The fraction of sp³-hybridized carbons (Fsp3) is 0.273. The Kier molecular flexibility index (Phi) is 5.33.